The third-order valence-corrected chi connectivity index (χ3v) is 3.55. The molecule has 0 amide bonds. The fourth-order valence-electron chi connectivity index (χ4n) is 2.35. The van der Waals surface area contributed by atoms with Crippen molar-refractivity contribution >= 4 is 0 Å². The van der Waals surface area contributed by atoms with Crippen LogP contribution in [0.5, 0.6) is 0 Å². The Labute approximate surface area is 107 Å². The van der Waals surface area contributed by atoms with Gasteiger partial charge in [0, 0.05) is 30.8 Å². The maximum absolute atomic E-state index is 5.49. The summed E-state index contributed by atoms with van der Waals surface area (Å²) in [5, 5.41) is 3.63. The molecule has 2 unspecified atom stereocenters. The van der Waals surface area contributed by atoms with Crippen molar-refractivity contribution in [3.8, 4) is 0 Å². The van der Waals surface area contributed by atoms with Crippen LogP contribution in [0.1, 0.15) is 47.0 Å². The van der Waals surface area contributed by atoms with Crippen molar-refractivity contribution in [1.29, 1.82) is 0 Å². The van der Waals surface area contributed by atoms with Gasteiger partial charge in [0.05, 0.1) is 6.61 Å². The predicted molar refractivity (Wildman–Crippen MR) is 73.4 cm³/mol. The van der Waals surface area contributed by atoms with E-state index >= 15 is 0 Å². The fraction of sp³-hybridized carbons (Fsp3) is 1.00. The van der Waals surface area contributed by atoms with Crippen molar-refractivity contribution in [2.45, 2.75) is 64.6 Å². The number of hydrogen-bond acceptors (Lipinski definition) is 3. The first-order valence-electron chi connectivity index (χ1n) is 6.98. The van der Waals surface area contributed by atoms with E-state index in [-0.39, 0.29) is 5.54 Å². The monoisotopic (exact) mass is 242 g/mol. The summed E-state index contributed by atoms with van der Waals surface area (Å²) in [6.45, 7) is 11.9. The zero-order chi connectivity index (χ0) is 12.9. The second kappa shape index (κ2) is 6.72. The molecule has 0 aromatic heterocycles. The van der Waals surface area contributed by atoms with Gasteiger partial charge in [-0.1, -0.05) is 13.3 Å². The molecular weight excluding hydrogens is 212 g/mol. The Kier molecular flexibility index (Phi) is 5.90. The Morgan fingerprint density at radius 1 is 1.41 bits per heavy atom. The van der Waals surface area contributed by atoms with Crippen LogP contribution in [0.3, 0.4) is 0 Å². The Morgan fingerprint density at radius 2 is 2.12 bits per heavy atom. The number of ether oxygens (including phenoxy) is 1. The van der Waals surface area contributed by atoms with Crippen LogP contribution in [-0.2, 0) is 4.74 Å². The molecule has 0 aliphatic carbocycles. The highest BCUT2D eigenvalue weighted by atomic mass is 16.5. The number of hydrogen-bond donors (Lipinski definition) is 1. The smallest absolute Gasteiger partial charge is 0.0622 e. The largest absolute Gasteiger partial charge is 0.380 e. The lowest BCUT2D eigenvalue weighted by Gasteiger charge is -2.34. The second-order valence-electron chi connectivity index (χ2n) is 6.26. The third-order valence-electron chi connectivity index (χ3n) is 3.55. The molecule has 1 aliphatic rings. The molecule has 3 heteroatoms. The van der Waals surface area contributed by atoms with Crippen LogP contribution in [0.25, 0.3) is 0 Å². The molecule has 0 bridgehead atoms. The minimum atomic E-state index is 0.207. The van der Waals surface area contributed by atoms with E-state index in [2.05, 4.69) is 45.0 Å². The van der Waals surface area contributed by atoms with E-state index in [1.54, 1.807) is 0 Å². The molecule has 1 N–H and O–H groups in total. The standard InChI is InChI=1S/C14H30N2O/c1-6-7-12(10-15-14(2,3)4)16(5)13-8-9-17-11-13/h12-13,15H,6-11H2,1-5H3. The summed E-state index contributed by atoms with van der Waals surface area (Å²) < 4.78 is 5.49. The van der Waals surface area contributed by atoms with E-state index in [9.17, 15) is 0 Å². The van der Waals surface area contributed by atoms with Crippen molar-refractivity contribution in [3.63, 3.8) is 0 Å². The first-order valence-corrected chi connectivity index (χ1v) is 6.98. The van der Waals surface area contributed by atoms with Crippen LogP contribution in [0.4, 0.5) is 0 Å². The lowest BCUT2D eigenvalue weighted by molar-refractivity contribution is 0.123. The molecule has 3 nitrogen and oxygen atoms in total. The Morgan fingerprint density at radius 3 is 2.59 bits per heavy atom. The van der Waals surface area contributed by atoms with Gasteiger partial charge in [-0.15, -0.1) is 0 Å². The quantitative estimate of drug-likeness (QED) is 0.773. The molecule has 0 saturated carbocycles. The summed E-state index contributed by atoms with van der Waals surface area (Å²) in [5.41, 5.74) is 0.207. The summed E-state index contributed by atoms with van der Waals surface area (Å²) >= 11 is 0. The van der Waals surface area contributed by atoms with E-state index in [1.807, 2.05) is 0 Å². The van der Waals surface area contributed by atoms with Gasteiger partial charge in [-0.2, -0.15) is 0 Å². The van der Waals surface area contributed by atoms with Crippen LogP contribution < -0.4 is 5.32 Å². The van der Waals surface area contributed by atoms with Gasteiger partial charge in [-0.25, -0.2) is 0 Å². The summed E-state index contributed by atoms with van der Waals surface area (Å²) in [7, 11) is 2.25. The second-order valence-corrected chi connectivity index (χ2v) is 6.26. The van der Waals surface area contributed by atoms with Crippen LogP contribution in [0.15, 0.2) is 0 Å². The number of nitrogens with one attached hydrogen (secondary N) is 1. The zero-order valence-corrected chi connectivity index (χ0v) is 12.3. The highest BCUT2D eigenvalue weighted by Gasteiger charge is 2.26. The van der Waals surface area contributed by atoms with Gasteiger partial charge < -0.3 is 10.1 Å². The SMILES string of the molecule is CCCC(CNC(C)(C)C)N(C)C1CCOC1. The van der Waals surface area contributed by atoms with Crippen LogP contribution in [0.2, 0.25) is 0 Å². The average Bonchev–Trinajstić information content (AvgIpc) is 2.75. The molecule has 2 atom stereocenters. The molecule has 102 valence electrons. The van der Waals surface area contributed by atoms with Gasteiger partial charge in [-0.05, 0) is 40.7 Å². The topological polar surface area (TPSA) is 24.5 Å². The normalized spacial score (nSPS) is 23.3. The minimum absolute atomic E-state index is 0.207. The van der Waals surface area contributed by atoms with Crippen molar-refractivity contribution < 1.29 is 4.74 Å². The number of rotatable bonds is 6. The maximum Gasteiger partial charge on any atom is 0.0622 e. The van der Waals surface area contributed by atoms with Gasteiger partial charge >= 0.3 is 0 Å². The van der Waals surface area contributed by atoms with Crippen molar-refractivity contribution in [3.05, 3.63) is 0 Å². The third kappa shape index (κ3) is 5.36. The van der Waals surface area contributed by atoms with E-state index in [0.29, 0.717) is 12.1 Å². The molecule has 0 radical (unpaired) electrons. The van der Waals surface area contributed by atoms with E-state index < -0.39 is 0 Å². The predicted octanol–water partition coefficient (Wildman–Crippen LogP) is 2.26. The zero-order valence-electron chi connectivity index (χ0n) is 12.3. The average molecular weight is 242 g/mol. The summed E-state index contributed by atoms with van der Waals surface area (Å²) in [6.07, 6.45) is 3.69. The van der Waals surface area contributed by atoms with Crippen molar-refractivity contribution in [2.24, 2.45) is 0 Å². The van der Waals surface area contributed by atoms with Crippen LogP contribution in [-0.4, -0.2) is 49.3 Å². The molecule has 0 spiro atoms. The molecule has 1 aliphatic heterocycles. The van der Waals surface area contributed by atoms with Crippen LogP contribution >= 0.6 is 0 Å². The van der Waals surface area contributed by atoms with Gasteiger partial charge in [-0.3, -0.25) is 4.90 Å². The molecule has 0 aromatic rings. The summed E-state index contributed by atoms with van der Waals surface area (Å²) in [5.74, 6) is 0. The van der Waals surface area contributed by atoms with Gasteiger partial charge in [0.15, 0.2) is 0 Å². The van der Waals surface area contributed by atoms with Crippen molar-refractivity contribution in [2.75, 3.05) is 26.8 Å². The first-order chi connectivity index (χ1) is 7.94. The Balaban J connectivity index is 2.45. The van der Waals surface area contributed by atoms with E-state index in [0.717, 1.165) is 19.8 Å². The van der Waals surface area contributed by atoms with E-state index in [1.165, 1.54) is 19.3 Å². The van der Waals surface area contributed by atoms with Crippen molar-refractivity contribution in [1.82, 2.24) is 10.2 Å². The molecule has 1 fully saturated rings. The Hall–Kier alpha value is -0.120. The van der Waals surface area contributed by atoms with Gasteiger partial charge in [0.1, 0.15) is 0 Å². The van der Waals surface area contributed by atoms with E-state index in [4.69, 9.17) is 4.74 Å². The highest BCUT2D eigenvalue weighted by molar-refractivity contribution is 4.83. The first kappa shape index (κ1) is 14.9. The molecule has 17 heavy (non-hydrogen) atoms. The number of nitrogens with zero attached hydrogens (tertiary/aromatic N) is 1. The summed E-state index contributed by atoms with van der Waals surface area (Å²) in [4.78, 5) is 2.52. The number of likely N-dealkylation sites (N-methyl/N-ethyl adjacent to an activating group) is 1. The van der Waals surface area contributed by atoms with Gasteiger partial charge in [0.25, 0.3) is 0 Å². The van der Waals surface area contributed by atoms with Gasteiger partial charge in [0.2, 0.25) is 0 Å². The van der Waals surface area contributed by atoms with Crippen LogP contribution in [0, 0.1) is 0 Å². The molecule has 1 heterocycles. The lowest BCUT2D eigenvalue weighted by atomic mass is 10.0. The lowest BCUT2D eigenvalue weighted by Crippen LogP contribution is -2.49. The minimum Gasteiger partial charge on any atom is -0.380 e. The fourth-order valence-corrected chi connectivity index (χ4v) is 2.35. The Bertz CT molecular complexity index is 207. The molecular formula is C14H30N2O. The molecule has 1 saturated heterocycles. The highest BCUT2D eigenvalue weighted by Crippen LogP contribution is 2.16. The summed E-state index contributed by atoms with van der Waals surface area (Å²) in [6, 6.07) is 1.25. The maximum atomic E-state index is 5.49. The molecule has 1 rings (SSSR count). The molecule has 0 aromatic carbocycles.